The van der Waals surface area contributed by atoms with E-state index in [9.17, 15) is 35.1 Å². The largest absolute Gasteiger partial charge is 0.466 e. The molecule has 0 saturated carbocycles. The van der Waals surface area contributed by atoms with Crippen LogP contribution in [0.4, 0.5) is 0 Å². The fourth-order valence-electron chi connectivity index (χ4n) is 12.4. The maximum absolute atomic E-state index is 13.0. The van der Waals surface area contributed by atoms with Crippen LogP contribution >= 0.6 is 0 Å². The van der Waals surface area contributed by atoms with E-state index in [1.807, 2.05) is 6.08 Å². The number of unbranched alkanes of at least 4 members (excludes halogenated alkanes) is 48. The number of esters is 1. The van der Waals surface area contributed by atoms with Crippen molar-refractivity contribution in [1.82, 2.24) is 5.32 Å². The molecule has 538 valence electrons. The molecule has 1 heterocycles. The van der Waals surface area contributed by atoms with Crippen molar-refractivity contribution in [2.45, 2.75) is 423 Å². The first-order valence-corrected chi connectivity index (χ1v) is 39.6. The lowest BCUT2D eigenvalue weighted by Gasteiger charge is -2.40. The molecule has 6 N–H and O–H groups in total. The first-order valence-electron chi connectivity index (χ1n) is 39.6. The van der Waals surface area contributed by atoms with Crippen LogP contribution in [0.1, 0.15) is 380 Å². The van der Waals surface area contributed by atoms with Crippen LogP contribution in [-0.2, 0) is 23.8 Å². The normalized spacial score (nSPS) is 17.8. The van der Waals surface area contributed by atoms with Gasteiger partial charge >= 0.3 is 5.97 Å². The lowest BCUT2D eigenvalue weighted by molar-refractivity contribution is -0.302. The van der Waals surface area contributed by atoms with Gasteiger partial charge in [0.15, 0.2) is 6.29 Å². The summed E-state index contributed by atoms with van der Waals surface area (Å²) in [5, 5.41) is 54.4. The number of amides is 1. The summed E-state index contributed by atoms with van der Waals surface area (Å²) in [6, 6.07) is -0.807. The Labute approximate surface area is 567 Å². The first-order chi connectivity index (χ1) is 45.2. The van der Waals surface area contributed by atoms with E-state index in [0.29, 0.717) is 19.4 Å². The number of allylic oxidation sites excluding steroid dienone is 9. The second kappa shape index (κ2) is 69.7. The average Bonchev–Trinajstić information content (AvgIpc) is 1.08. The van der Waals surface area contributed by atoms with Gasteiger partial charge in [0.05, 0.1) is 32.0 Å². The molecule has 1 amide bonds. The Balaban J connectivity index is 1.88. The highest BCUT2D eigenvalue weighted by Gasteiger charge is 2.44. The van der Waals surface area contributed by atoms with Gasteiger partial charge in [-0.25, -0.2) is 0 Å². The lowest BCUT2D eigenvalue weighted by atomic mass is 9.99. The maximum Gasteiger partial charge on any atom is 0.305 e. The van der Waals surface area contributed by atoms with Crippen molar-refractivity contribution in [1.29, 1.82) is 0 Å². The van der Waals surface area contributed by atoms with Crippen LogP contribution in [0.2, 0.25) is 0 Å². The van der Waals surface area contributed by atoms with Crippen LogP contribution in [0.25, 0.3) is 0 Å². The Morgan fingerprint density at radius 3 is 1.12 bits per heavy atom. The van der Waals surface area contributed by atoms with Crippen molar-refractivity contribution >= 4 is 11.9 Å². The van der Waals surface area contributed by atoms with Crippen molar-refractivity contribution in [2.24, 2.45) is 0 Å². The standard InChI is InChI=1S/C81H149NO10/c1-3-5-7-9-11-13-15-16-42-46-49-53-57-61-65-69-77(86)90-70-66-62-58-54-50-47-44-41-39-37-35-33-31-29-27-25-23-21-19-17-18-20-22-24-26-28-30-32-34-36-38-40-43-45-48-52-56-60-64-68-76(85)82-73(72-91-81-80(89)79(88)78(87)75(71-83)92-81)74(84)67-63-59-55-51-14-12-10-8-6-4-2/h11,13,16-18,21,23,42,63,67,73-75,78-81,83-84,87-89H,3-10,12,14-15,19-20,22,24-41,43-62,64-66,68-72H2,1-2H3,(H,82,85)/b13-11-,18-17-,23-21-,42-16-,67-63+. The number of aliphatic hydroxyl groups excluding tert-OH is 5. The summed E-state index contributed by atoms with van der Waals surface area (Å²) in [7, 11) is 0. The number of aliphatic hydroxyl groups is 5. The summed E-state index contributed by atoms with van der Waals surface area (Å²) >= 11 is 0. The molecule has 1 aliphatic heterocycles. The van der Waals surface area contributed by atoms with Gasteiger partial charge in [0, 0.05) is 12.8 Å². The number of ether oxygens (including phenoxy) is 3. The summed E-state index contributed by atoms with van der Waals surface area (Å²) < 4.78 is 16.7. The van der Waals surface area contributed by atoms with Gasteiger partial charge in [-0.3, -0.25) is 9.59 Å². The van der Waals surface area contributed by atoms with E-state index >= 15 is 0 Å². The van der Waals surface area contributed by atoms with Gasteiger partial charge in [-0.2, -0.15) is 0 Å². The smallest absolute Gasteiger partial charge is 0.305 e. The molecule has 1 fully saturated rings. The predicted molar refractivity (Wildman–Crippen MR) is 389 cm³/mol. The van der Waals surface area contributed by atoms with E-state index in [2.05, 4.69) is 67.8 Å². The Bertz CT molecular complexity index is 1710. The summed E-state index contributed by atoms with van der Waals surface area (Å²) in [5.41, 5.74) is 0. The third kappa shape index (κ3) is 57.6. The third-order valence-corrected chi connectivity index (χ3v) is 18.6. The minimum atomic E-state index is -1.57. The van der Waals surface area contributed by atoms with Gasteiger partial charge in [-0.05, 0) is 96.3 Å². The molecule has 1 saturated heterocycles. The second-order valence-corrected chi connectivity index (χ2v) is 27.4. The molecule has 11 nitrogen and oxygen atoms in total. The summed E-state index contributed by atoms with van der Waals surface area (Å²) in [6.45, 7) is 4.33. The summed E-state index contributed by atoms with van der Waals surface area (Å²) in [5.74, 6) is -0.178. The number of nitrogens with one attached hydrogen (secondary N) is 1. The number of carbonyl (C=O) groups is 2. The third-order valence-electron chi connectivity index (χ3n) is 18.6. The van der Waals surface area contributed by atoms with Gasteiger partial charge in [0.2, 0.25) is 5.91 Å². The topological polar surface area (TPSA) is 175 Å². The molecular formula is C81H149NO10. The molecule has 1 aliphatic rings. The zero-order chi connectivity index (χ0) is 66.5. The quantitative estimate of drug-likeness (QED) is 0.0195. The molecular weight excluding hydrogens is 1150 g/mol. The molecule has 11 heteroatoms. The van der Waals surface area contributed by atoms with E-state index in [4.69, 9.17) is 14.2 Å². The maximum atomic E-state index is 13.0. The van der Waals surface area contributed by atoms with Crippen LogP contribution in [0, 0.1) is 0 Å². The van der Waals surface area contributed by atoms with Gasteiger partial charge < -0.3 is 45.1 Å². The van der Waals surface area contributed by atoms with E-state index in [-0.39, 0.29) is 18.5 Å². The van der Waals surface area contributed by atoms with Crippen LogP contribution in [0.5, 0.6) is 0 Å². The van der Waals surface area contributed by atoms with Crippen molar-refractivity contribution < 1.29 is 49.3 Å². The van der Waals surface area contributed by atoms with E-state index in [1.165, 1.54) is 283 Å². The molecule has 0 aromatic rings. The van der Waals surface area contributed by atoms with Crippen LogP contribution in [0.15, 0.2) is 60.8 Å². The zero-order valence-corrected chi connectivity index (χ0v) is 60.0. The number of hydrogen-bond acceptors (Lipinski definition) is 10. The summed E-state index contributed by atoms with van der Waals surface area (Å²) in [6.07, 6.45) is 84.1. The SMILES string of the molecule is CCCCC/C=C\C/C=C\CCCCCCCC(=O)OCCCCCCCCCCCCCCCCC/C=C\C/C=C\CCCCCCCCCCCCCCCCCCCC(=O)NC(COC1OC(CO)C(O)C(O)C1O)C(O)/C=C/CCCCCCCCCC. The number of hydrogen-bond donors (Lipinski definition) is 6. The van der Waals surface area contributed by atoms with Gasteiger partial charge in [0.25, 0.3) is 0 Å². The van der Waals surface area contributed by atoms with Crippen molar-refractivity contribution in [3.63, 3.8) is 0 Å². The van der Waals surface area contributed by atoms with Crippen LogP contribution < -0.4 is 5.32 Å². The summed E-state index contributed by atoms with van der Waals surface area (Å²) in [4.78, 5) is 25.1. The van der Waals surface area contributed by atoms with Crippen molar-refractivity contribution in [2.75, 3.05) is 19.8 Å². The fourth-order valence-corrected chi connectivity index (χ4v) is 12.4. The average molecular weight is 1300 g/mol. The van der Waals surface area contributed by atoms with Gasteiger partial charge in [0.1, 0.15) is 24.4 Å². The fraction of sp³-hybridized carbons (Fsp3) is 0.852. The predicted octanol–water partition coefficient (Wildman–Crippen LogP) is 21.2. The van der Waals surface area contributed by atoms with Crippen LogP contribution in [0.3, 0.4) is 0 Å². The van der Waals surface area contributed by atoms with E-state index in [0.717, 1.165) is 70.6 Å². The molecule has 1 rings (SSSR count). The number of rotatable bonds is 70. The molecule has 0 spiro atoms. The molecule has 0 aromatic carbocycles. The van der Waals surface area contributed by atoms with Gasteiger partial charge in [-0.1, -0.05) is 331 Å². The Kier molecular flexibility index (Phi) is 66.2. The van der Waals surface area contributed by atoms with Gasteiger partial charge in [-0.15, -0.1) is 0 Å². The number of carbonyl (C=O) groups excluding carboxylic acids is 2. The van der Waals surface area contributed by atoms with Crippen molar-refractivity contribution in [3.8, 4) is 0 Å². The minimum absolute atomic E-state index is 0.000556. The molecule has 0 radical (unpaired) electrons. The highest BCUT2D eigenvalue weighted by Crippen LogP contribution is 2.24. The highest BCUT2D eigenvalue weighted by molar-refractivity contribution is 5.76. The van der Waals surface area contributed by atoms with E-state index < -0.39 is 49.5 Å². The first kappa shape index (κ1) is 87.4. The van der Waals surface area contributed by atoms with Crippen molar-refractivity contribution in [3.05, 3.63) is 60.8 Å². The Hall–Kier alpha value is -2.64. The minimum Gasteiger partial charge on any atom is -0.466 e. The molecule has 0 bridgehead atoms. The lowest BCUT2D eigenvalue weighted by Crippen LogP contribution is -2.60. The zero-order valence-electron chi connectivity index (χ0n) is 60.0. The Morgan fingerprint density at radius 1 is 0.402 bits per heavy atom. The highest BCUT2D eigenvalue weighted by atomic mass is 16.7. The molecule has 7 atom stereocenters. The van der Waals surface area contributed by atoms with E-state index in [1.54, 1.807) is 6.08 Å². The molecule has 7 unspecified atom stereocenters. The monoisotopic (exact) mass is 1300 g/mol. The molecule has 0 aromatic heterocycles. The Morgan fingerprint density at radius 2 is 0.728 bits per heavy atom. The van der Waals surface area contributed by atoms with Crippen LogP contribution in [-0.4, -0.2) is 100 Å². The molecule has 92 heavy (non-hydrogen) atoms. The second-order valence-electron chi connectivity index (χ2n) is 27.4. The molecule has 0 aliphatic carbocycles.